The predicted octanol–water partition coefficient (Wildman–Crippen LogP) is 2.73. The van der Waals surface area contributed by atoms with E-state index in [1.54, 1.807) is 19.3 Å². The largest absolute Gasteiger partial charge is 0.379 e. The molecule has 0 saturated heterocycles. The van der Waals surface area contributed by atoms with Gasteiger partial charge < -0.3 is 15.4 Å². The van der Waals surface area contributed by atoms with Gasteiger partial charge in [-0.25, -0.2) is 4.98 Å². The Labute approximate surface area is 155 Å². The van der Waals surface area contributed by atoms with Crippen molar-refractivity contribution in [2.24, 2.45) is 10.9 Å². The quantitative estimate of drug-likeness (QED) is 0.215. The second-order valence-electron chi connectivity index (χ2n) is 5.13. The summed E-state index contributed by atoms with van der Waals surface area (Å²) in [5, 5.41) is 6.99. The molecule has 0 atom stereocenters. The lowest BCUT2D eigenvalue weighted by atomic mass is 10.2. The molecule has 7 heteroatoms. The van der Waals surface area contributed by atoms with E-state index in [9.17, 15) is 0 Å². The first-order valence-electron chi connectivity index (χ1n) is 7.24. The van der Waals surface area contributed by atoms with Crippen LogP contribution in [0.25, 0.3) is 0 Å². The number of nitrogens with one attached hydrogen (secondary N) is 2. The molecule has 5 nitrogen and oxygen atoms in total. The summed E-state index contributed by atoms with van der Waals surface area (Å²) < 4.78 is 5.51. The van der Waals surface area contributed by atoms with Crippen molar-refractivity contribution in [1.29, 1.82) is 0 Å². The maximum atomic E-state index is 5.75. The number of rotatable bonds is 8. The normalized spacial score (nSPS) is 11.2. The molecule has 0 unspecified atom stereocenters. The average molecular weight is 441 g/mol. The number of hydrogen-bond donors (Lipinski definition) is 2. The fourth-order valence-corrected chi connectivity index (χ4v) is 1.77. The van der Waals surface area contributed by atoms with Crippen LogP contribution in [0.4, 0.5) is 0 Å². The van der Waals surface area contributed by atoms with Crippen LogP contribution in [-0.2, 0) is 11.2 Å². The van der Waals surface area contributed by atoms with Crippen molar-refractivity contribution < 1.29 is 4.74 Å². The summed E-state index contributed by atoms with van der Waals surface area (Å²) in [6.45, 7) is 7.28. The lowest BCUT2D eigenvalue weighted by Gasteiger charge is -2.12. The highest BCUT2D eigenvalue weighted by Crippen LogP contribution is 2.05. The first-order valence-corrected chi connectivity index (χ1v) is 7.62. The molecule has 1 heterocycles. The van der Waals surface area contributed by atoms with E-state index in [1.807, 2.05) is 6.07 Å². The topological polar surface area (TPSA) is 58.5 Å². The van der Waals surface area contributed by atoms with Crippen molar-refractivity contribution in [3.8, 4) is 0 Å². The van der Waals surface area contributed by atoms with Crippen molar-refractivity contribution in [1.82, 2.24) is 15.6 Å². The number of hydrogen-bond acceptors (Lipinski definition) is 3. The highest BCUT2D eigenvalue weighted by atomic mass is 127. The molecule has 22 heavy (non-hydrogen) atoms. The van der Waals surface area contributed by atoms with Gasteiger partial charge in [-0.05, 0) is 24.0 Å². The summed E-state index contributed by atoms with van der Waals surface area (Å²) in [7, 11) is 1.76. The number of halogens is 2. The van der Waals surface area contributed by atoms with Crippen molar-refractivity contribution in [2.75, 3.05) is 33.4 Å². The van der Waals surface area contributed by atoms with Gasteiger partial charge in [0.05, 0.1) is 6.61 Å². The molecule has 0 aliphatic heterocycles. The Morgan fingerprint density at radius 2 is 2.05 bits per heavy atom. The second kappa shape index (κ2) is 12.9. The fraction of sp³-hybridized carbons (Fsp3) is 0.600. The van der Waals surface area contributed by atoms with Gasteiger partial charge in [-0.2, -0.15) is 0 Å². The van der Waals surface area contributed by atoms with Crippen LogP contribution < -0.4 is 10.6 Å². The van der Waals surface area contributed by atoms with Gasteiger partial charge in [-0.15, -0.1) is 24.0 Å². The van der Waals surface area contributed by atoms with E-state index in [-0.39, 0.29) is 24.0 Å². The third-order valence-corrected chi connectivity index (χ3v) is 2.93. The van der Waals surface area contributed by atoms with E-state index in [4.69, 9.17) is 16.3 Å². The minimum absolute atomic E-state index is 0. The smallest absolute Gasteiger partial charge is 0.191 e. The van der Waals surface area contributed by atoms with Gasteiger partial charge in [-0.1, -0.05) is 31.5 Å². The van der Waals surface area contributed by atoms with E-state index < -0.39 is 0 Å². The molecule has 1 aromatic heterocycles. The van der Waals surface area contributed by atoms with Crippen LogP contribution in [0.2, 0.25) is 5.15 Å². The zero-order valence-electron chi connectivity index (χ0n) is 13.4. The van der Waals surface area contributed by atoms with Gasteiger partial charge in [0.2, 0.25) is 0 Å². The van der Waals surface area contributed by atoms with E-state index in [0.717, 1.165) is 37.6 Å². The van der Waals surface area contributed by atoms with E-state index in [2.05, 4.69) is 34.5 Å². The molecule has 2 N–H and O–H groups in total. The minimum atomic E-state index is 0. The van der Waals surface area contributed by atoms with Crippen LogP contribution in [0, 0.1) is 5.92 Å². The lowest BCUT2D eigenvalue weighted by molar-refractivity contribution is 0.114. The van der Waals surface area contributed by atoms with Gasteiger partial charge in [-0.3, -0.25) is 4.99 Å². The third kappa shape index (κ3) is 10.2. The Bertz CT molecular complexity index is 426. The zero-order valence-corrected chi connectivity index (χ0v) is 16.5. The average Bonchev–Trinajstić information content (AvgIpc) is 2.46. The highest BCUT2D eigenvalue weighted by molar-refractivity contribution is 14.0. The molecule has 1 aromatic rings. The fourth-order valence-electron chi connectivity index (χ4n) is 1.66. The van der Waals surface area contributed by atoms with Gasteiger partial charge in [0.25, 0.3) is 0 Å². The molecular formula is C15H26ClIN4O. The predicted molar refractivity (Wildman–Crippen MR) is 103 cm³/mol. The lowest BCUT2D eigenvalue weighted by Crippen LogP contribution is -2.39. The Balaban J connectivity index is 0.00000441. The Hall–Kier alpha value is -0.600. The molecule has 0 spiro atoms. The molecule has 0 bridgehead atoms. The number of nitrogens with zero attached hydrogens (tertiary/aromatic N) is 2. The highest BCUT2D eigenvalue weighted by Gasteiger charge is 1.99. The van der Waals surface area contributed by atoms with Crippen LogP contribution in [0.1, 0.15) is 19.4 Å². The third-order valence-electron chi connectivity index (χ3n) is 2.71. The molecule has 0 amide bonds. The number of aliphatic imine (C=N–C) groups is 1. The monoisotopic (exact) mass is 440 g/mol. The molecular weight excluding hydrogens is 415 g/mol. The van der Waals surface area contributed by atoms with Crippen LogP contribution >= 0.6 is 35.6 Å². The number of pyridine rings is 1. The molecule has 0 radical (unpaired) electrons. The Kier molecular flexibility index (Phi) is 12.5. The molecule has 0 aromatic carbocycles. The van der Waals surface area contributed by atoms with Crippen LogP contribution in [0.5, 0.6) is 0 Å². The second-order valence-corrected chi connectivity index (χ2v) is 5.52. The molecule has 0 fully saturated rings. The molecule has 0 aliphatic carbocycles. The number of guanidine groups is 1. The van der Waals surface area contributed by atoms with Crippen molar-refractivity contribution in [3.63, 3.8) is 0 Å². The van der Waals surface area contributed by atoms with E-state index in [0.29, 0.717) is 17.7 Å². The van der Waals surface area contributed by atoms with Crippen molar-refractivity contribution in [3.05, 3.63) is 29.0 Å². The molecule has 126 valence electrons. The van der Waals surface area contributed by atoms with Gasteiger partial charge in [0, 0.05) is 32.9 Å². The zero-order chi connectivity index (χ0) is 15.5. The van der Waals surface area contributed by atoms with Crippen molar-refractivity contribution >= 4 is 41.5 Å². The first kappa shape index (κ1) is 21.4. The molecule has 1 rings (SSSR count). The molecule has 0 saturated carbocycles. The summed E-state index contributed by atoms with van der Waals surface area (Å²) in [5.41, 5.74) is 1.14. The summed E-state index contributed by atoms with van der Waals surface area (Å²) in [4.78, 5) is 8.22. The maximum Gasteiger partial charge on any atom is 0.191 e. The number of ether oxygens (including phenoxy) is 1. The van der Waals surface area contributed by atoms with Crippen LogP contribution in [0.3, 0.4) is 0 Å². The standard InChI is InChI=1S/C15H25ClN4O.HI/c1-12(2)11-21-9-8-19-15(17-3)18-7-6-13-4-5-14(16)20-10-13;/h4-5,10,12H,6-9,11H2,1-3H3,(H2,17,18,19);1H. The maximum absolute atomic E-state index is 5.75. The van der Waals surface area contributed by atoms with Crippen LogP contribution in [-0.4, -0.2) is 44.3 Å². The van der Waals surface area contributed by atoms with Crippen molar-refractivity contribution in [2.45, 2.75) is 20.3 Å². The summed E-state index contributed by atoms with van der Waals surface area (Å²) in [5.74, 6) is 1.35. The SMILES string of the molecule is CN=C(NCCOCC(C)C)NCCc1ccc(Cl)nc1.I. The minimum Gasteiger partial charge on any atom is -0.379 e. The summed E-state index contributed by atoms with van der Waals surface area (Å²) in [6.07, 6.45) is 2.66. The number of aromatic nitrogens is 1. The van der Waals surface area contributed by atoms with Gasteiger partial charge in [0.1, 0.15) is 5.15 Å². The van der Waals surface area contributed by atoms with Crippen LogP contribution in [0.15, 0.2) is 23.3 Å². The molecule has 0 aliphatic rings. The van der Waals surface area contributed by atoms with Gasteiger partial charge in [0.15, 0.2) is 5.96 Å². The summed E-state index contributed by atoms with van der Waals surface area (Å²) >= 11 is 5.75. The van der Waals surface area contributed by atoms with Gasteiger partial charge >= 0.3 is 0 Å². The summed E-state index contributed by atoms with van der Waals surface area (Å²) in [6, 6.07) is 3.78. The Morgan fingerprint density at radius 1 is 1.32 bits per heavy atom. The Morgan fingerprint density at radius 3 is 2.64 bits per heavy atom. The van der Waals surface area contributed by atoms with E-state index in [1.165, 1.54) is 0 Å². The van der Waals surface area contributed by atoms with E-state index >= 15 is 0 Å². The first-order chi connectivity index (χ1) is 10.1.